The first-order valence-electron chi connectivity index (χ1n) is 5.07. The summed E-state index contributed by atoms with van der Waals surface area (Å²) in [4.78, 5) is 0. The molecule has 0 bridgehead atoms. The van der Waals surface area contributed by atoms with Crippen molar-refractivity contribution in [2.75, 3.05) is 0 Å². The fraction of sp³-hybridized carbons (Fsp3) is 0.273. The Bertz CT molecular complexity index is 561. The van der Waals surface area contributed by atoms with E-state index in [1.54, 1.807) is 12.1 Å². The first kappa shape index (κ1) is 13.1. The van der Waals surface area contributed by atoms with E-state index in [1.165, 1.54) is 30.1 Å². The third kappa shape index (κ3) is 2.04. The fourth-order valence-corrected chi connectivity index (χ4v) is 2.11. The molecular weight excluding hydrogens is 308 g/mol. The van der Waals surface area contributed by atoms with Gasteiger partial charge in [-0.2, -0.15) is 0 Å². The minimum atomic E-state index is -3.02. The van der Waals surface area contributed by atoms with Gasteiger partial charge in [-0.15, -0.1) is 10.2 Å². The average molecular weight is 318 g/mol. The molecule has 1 aromatic heterocycles. The Morgan fingerprint density at radius 3 is 2.67 bits per heavy atom. The van der Waals surface area contributed by atoms with E-state index in [0.717, 1.165) is 0 Å². The molecule has 0 aliphatic rings. The third-order valence-electron chi connectivity index (χ3n) is 2.63. The molecule has 1 atom stereocenters. The van der Waals surface area contributed by atoms with Crippen molar-refractivity contribution in [3.8, 4) is 0 Å². The molecule has 1 N–H and O–H groups in total. The van der Waals surface area contributed by atoms with Gasteiger partial charge in [0, 0.05) is 11.5 Å². The molecule has 2 rings (SSSR count). The maximum atomic E-state index is 13.3. The van der Waals surface area contributed by atoms with Crippen molar-refractivity contribution in [1.29, 1.82) is 0 Å². The summed E-state index contributed by atoms with van der Waals surface area (Å²) in [6.07, 6.45) is -1.75. The Hall–Kier alpha value is -1.34. The molecule has 1 aromatic carbocycles. The normalized spacial score (nSPS) is 14.8. The summed E-state index contributed by atoms with van der Waals surface area (Å²) in [7, 11) is 1.50. The van der Waals surface area contributed by atoms with Gasteiger partial charge < -0.3 is 9.67 Å². The highest BCUT2D eigenvalue weighted by molar-refractivity contribution is 9.10. The summed E-state index contributed by atoms with van der Waals surface area (Å²) in [6, 6.07) is 6.11. The first-order chi connectivity index (χ1) is 8.46. The van der Waals surface area contributed by atoms with Crippen LogP contribution in [-0.4, -0.2) is 26.3 Å². The average Bonchev–Trinajstić information content (AvgIpc) is 2.74. The van der Waals surface area contributed by atoms with Crippen molar-refractivity contribution in [2.24, 2.45) is 7.05 Å². The van der Waals surface area contributed by atoms with Crippen LogP contribution in [0.25, 0.3) is 0 Å². The van der Waals surface area contributed by atoms with Gasteiger partial charge in [-0.1, -0.05) is 28.1 Å². The maximum absolute atomic E-state index is 13.3. The number of aryl methyl sites for hydroxylation is 1. The molecule has 0 radical (unpaired) electrons. The minimum Gasteiger partial charge on any atom is -0.372 e. The number of nitrogens with zero attached hydrogens (tertiary/aromatic N) is 3. The summed E-state index contributed by atoms with van der Waals surface area (Å²) < 4.78 is 28.5. The molecule has 96 valence electrons. The largest absolute Gasteiger partial charge is 0.372 e. The van der Waals surface area contributed by atoms with Crippen molar-refractivity contribution in [3.63, 3.8) is 0 Å². The van der Waals surface area contributed by atoms with Crippen molar-refractivity contribution in [3.05, 3.63) is 46.5 Å². The van der Waals surface area contributed by atoms with E-state index in [0.29, 0.717) is 4.47 Å². The second-order valence-corrected chi connectivity index (χ2v) is 4.76. The Labute approximate surface area is 110 Å². The second-order valence-electron chi connectivity index (χ2n) is 3.84. The smallest absolute Gasteiger partial charge is 0.278 e. The van der Waals surface area contributed by atoms with Crippen LogP contribution in [0.2, 0.25) is 0 Å². The molecule has 0 saturated carbocycles. The summed E-state index contributed by atoms with van der Waals surface area (Å²) in [5.41, 5.74) is -2.42. The molecule has 0 fully saturated rings. The minimum absolute atomic E-state index is 0.0583. The summed E-state index contributed by atoms with van der Waals surface area (Å²) >= 11 is 3.19. The number of halogens is 3. The second kappa shape index (κ2) is 4.74. The summed E-state index contributed by atoms with van der Waals surface area (Å²) in [5.74, 6) is -0.199. The lowest BCUT2D eigenvalue weighted by Gasteiger charge is -2.26. The Morgan fingerprint density at radius 2 is 2.17 bits per heavy atom. The SMILES string of the molecule is Cn1cnnc1C(O)(c1cccc(Br)c1)C(F)F. The molecular formula is C11H10BrF2N3O. The zero-order valence-electron chi connectivity index (χ0n) is 9.39. The Balaban J connectivity index is 2.62. The van der Waals surface area contributed by atoms with Crippen LogP contribution < -0.4 is 0 Å². The van der Waals surface area contributed by atoms with Gasteiger partial charge in [-0.3, -0.25) is 0 Å². The predicted octanol–water partition coefficient (Wildman–Crippen LogP) is 2.08. The van der Waals surface area contributed by atoms with Crippen molar-refractivity contribution >= 4 is 15.9 Å². The zero-order valence-corrected chi connectivity index (χ0v) is 11.0. The first-order valence-corrected chi connectivity index (χ1v) is 5.86. The van der Waals surface area contributed by atoms with Gasteiger partial charge >= 0.3 is 0 Å². The van der Waals surface area contributed by atoms with Gasteiger partial charge in [0.1, 0.15) is 6.33 Å². The van der Waals surface area contributed by atoms with Crippen molar-refractivity contribution in [2.45, 2.75) is 12.0 Å². The monoisotopic (exact) mass is 317 g/mol. The van der Waals surface area contributed by atoms with Crippen molar-refractivity contribution in [1.82, 2.24) is 14.8 Å². The number of aromatic nitrogens is 3. The van der Waals surface area contributed by atoms with Crippen LogP contribution >= 0.6 is 15.9 Å². The van der Waals surface area contributed by atoms with Gasteiger partial charge in [0.25, 0.3) is 6.43 Å². The summed E-state index contributed by atoms with van der Waals surface area (Å²) in [6.45, 7) is 0. The molecule has 1 heterocycles. The van der Waals surface area contributed by atoms with Crippen LogP contribution in [0.15, 0.2) is 35.1 Å². The lowest BCUT2D eigenvalue weighted by molar-refractivity contribution is -0.0791. The molecule has 0 aliphatic heterocycles. The van der Waals surface area contributed by atoms with E-state index in [4.69, 9.17) is 0 Å². The number of hydrogen-bond acceptors (Lipinski definition) is 3. The standard InChI is InChI=1S/C11H10BrF2N3O/c1-17-6-15-16-10(17)11(18,9(13)14)7-3-2-4-8(12)5-7/h2-6,9,18H,1H3. The highest BCUT2D eigenvalue weighted by atomic mass is 79.9. The fourth-order valence-electron chi connectivity index (χ4n) is 1.71. The number of alkyl halides is 2. The van der Waals surface area contributed by atoms with Crippen LogP contribution in [0.3, 0.4) is 0 Å². The van der Waals surface area contributed by atoms with E-state index < -0.39 is 12.0 Å². The highest BCUT2D eigenvalue weighted by Crippen LogP contribution is 2.35. The zero-order chi connectivity index (χ0) is 13.3. The van der Waals surface area contributed by atoms with E-state index >= 15 is 0 Å². The third-order valence-corrected chi connectivity index (χ3v) is 3.13. The van der Waals surface area contributed by atoms with Gasteiger partial charge in [0.2, 0.25) is 5.60 Å². The molecule has 2 aromatic rings. The number of hydrogen-bond donors (Lipinski definition) is 1. The number of aliphatic hydroxyl groups is 1. The molecule has 0 amide bonds. The summed E-state index contributed by atoms with van der Waals surface area (Å²) in [5, 5.41) is 17.4. The van der Waals surface area contributed by atoms with Crippen molar-refractivity contribution < 1.29 is 13.9 Å². The number of rotatable bonds is 3. The van der Waals surface area contributed by atoms with Crippen LogP contribution in [0.4, 0.5) is 8.78 Å². The Kier molecular flexibility index (Phi) is 3.45. The van der Waals surface area contributed by atoms with Gasteiger partial charge in [-0.05, 0) is 17.7 Å². The topological polar surface area (TPSA) is 50.9 Å². The molecule has 7 heteroatoms. The van der Waals surface area contributed by atoms with E-state index in [2.05, 4.69) is 26.1 Å². The molecule has 18 heavy (non-hydrogen) atoms. The van der Waals surface area contributed by atoms with Crippen LogP contribution in [-0.2, 0) is 12.6 Å². The lowest BCUT2D eigenvalue weighted by Crippen LogP contribution is -2.38. The van der Waals surface area contributed by atoms with E-state index in [-0.39, 0.29) is 11.4 Å². The van der Waals surface area contributed by atoms with E-state index in [1.807, 2.05) is 0 Å². The molecule has 1 unspecified atom stereocenters. The molecule has 4 nitrogen and oxygen atoms in total. The Morgan fingerprint density at radius 1 is 1.44 bits per heavy atom. The predicted molar refractivity (Wildman–Crippen MR) is 64.1 cm³/mol. The molecule has 0 spiro atoms. The van der Waals surface area contributed by atoms with Gasteiger partial charge in [0.05, 0.1) is 0 Å². The molecule has 0 saturated heterocycles. The highest BCUT2D eigenvalue weighted by Gasteiger charge is 2.45. The molecule has 0 aliphatic carbocycles. The lowest BCUT2D eigenvalue weighted by atomic mass is 9.93. The van der Waals surface area contributed by atoms with E-state index in [9.17, 15) is 13.9 Å². The van der Waals surface area contributed by atoms with Gasteiger partial charge in [0.15, 0.2) is 5.82 Å². The van der Waals surface area contributed by atoms with Crippen LogP contribution in [0.5, 0.6) is 0 Å². The maximum Gasteiger partial charge on any atom is 0.278 e. The quantitative estimate of drug-likeness (QED) is 0.943. The van der Waals surface area contributed by atoms with Crippen LogP contribution in [0.1, 0.15) is 11.4 Å². The van der Waals surface area contributed by atoms with Crippen LogP contribution in [0, 0.1) is 0 Å². The number of benzene rings is 1. The van der Waals surface area contributed by atoms with Gasteiger partial charge in [-0.25, -0.2) is 8.78 Å².